The van der Waals surface area contributed by atoms with Crippen LogP contribution in [0.5, 0.6) is 11.5 Å². The molecule has 2 rings (SSSR count). The van der Waals surface area contributed by atoms with Gasteiger partial charge in [-0.2, -0.15) is 0 Å². The maximum absolute atomic E-state index is 12.1. The first kappa shape index (κ1) is 18.6. The highest BCUT2D eigenvalue weighted by Crippen LogP contribution is 2.27. The molecule has 1 aliphatic heterocycles. The molecule has 1 aromatic carbocycles. The van der Waals surface area contributed by atoms with Crippen LogP contribution in [0.25, 0.3) is 0 Å². The van der Waals surface area contributed by atoms with Crippen LogP contribution in [0.3, 0.4) is 0 Å². The summed E-state index contributed by atoms with van der Waals surface area (Å²) in [6.45, 7) is 4.23. The summed E-state index contributed by atoms with van der Waals surface area (Å²) in [5.41, 5.74) is 0.928. The lowest BCUT2D eigenvalue weighted by Gasteiger charge is -2.19. The Morgan fingerprint density at radius 3 is 2.46 bits per heavy atom. The van der Waals surface area contributed by atoms with Gasteiger partial charge >= 0.3 is 0 Å². The van der Waals surface area contributed by atoms with Gasteiger partial charge in [-0.3, -0.25) is 4.79 Å². The molecule has 1 amide bonds. The van der Waals surface area contributed by atoms with E-state index in [1.54, 1.807) is 14.2 Å². The average molecular weight is 334 g/mol. The van der Waals surface area contributed by atoms with Crippen LogP contribution in [-0.2, 0) is 11.2 Å². The number of hydrogen-bond acceptors (Lipinski definition) is 4. The molecule has 0 bridgehead atoms. The zero-order valence-electron chi connectivity index (χ0n) is 15.0. The smallest absolute Gasteiger partial charge is 0.224 e. The Labute approximate surface area is 145 Å². The number of nitrogens with one attached hydrogen (secondary N) is 1. The van der Waals surface area contributed by atoms with Crippen molar-refractivity contribution >= 4 is 5.91 Å². The molecule has 0 atom stereocenters. The Balaban J connectivity index is 1.69. The van der Waals surface area contributed by atoms with Crippen LogP contribution < -0.4 is 14.8 Å². The second kappa shape index (κ2) is 10.2. The summed E-state index contributed by atoms with van der Waals surface area (Å²) in [6.07, 6.45) is 6.72. The predicted molar refractivity (Wildman–Crippen MR) is 95.8 cm³/mol. The van der Waals surface area contributed by atoms with Crippen LogP contribution in [0.4, 0.5) is 0 Å². The molecule has 134 valence electrons. The van der Waals surface area contributed by atoms with Crippen LogP contribution >= 0.6 is 0 Å². The van der Waals surface area contributed by atoms with Crippen LogP contribution in [0.2, 0.25) is 0 Å². The highest BCUT2D eigenvalue weighted by Gasteiger charge is 2.10. The molecule has 0 radical (unpaired) electrons. The summed E-state index contributed by atoms with van der Waals surface area (Å²) >= 11 is 0. The Kier molecular flexibility index (Phi) is 7.89. The van der Waals surface area contributed by atoms with Crippen molar-refractivity contribution in [3.63, 3.8) is 0 Å². The van der Waals surface area contributed by atoms with Crippen molar-refractivity contribution in [1.29, 1.82) is 0 Å². The van der Waals surface area contributed by atoms with E-state index >= 15 is 0 Å². The van der Waals surface area contributed by atoms with Crippen molar-refractivity contribution < 1.29 is 14.3 Å². The molecule has 1 aromatic rings. The van der Waals surface area contributed by atoms with Crippen LogP contribution in [0.15, 0.2) is 18.2 Å². The minimum atomic E-state index is 0.0538. The quantitative estimate of drug-likeness (QED) is 0.743. The fourth-order valence-corrected chi connectivity index (χ4v) is 3.13. The largest absolute Gasteiger partial charge is 0.493 e. The zero-order chi connectivity index (χ0) is 17.2. The molecule has 1 fully saturated rings. The number of likely N-dealkylation sites (tertiary alicyclic amines) is 1. The second-order valence-corrected chi connectivity index (χ2v) is 6.33. The minimum absolute atomic E-state index is 0.0538. The van der Waals surface area contributed by atoms with Gasteiger partial charge in [0.2, 0.25) is 5.91 Å². The van der Waals surface area contributed by atoms with Crippen molar-refractivity contribution in [2.75, 3.05) is 40.4 Å². The number of ether oxygens (including phenoxy) is 2. The van der Waals surface area contributed by atoms with Gasteiger partial charge in [-0.1, -0.05) is 18.9 Å². The molecule has 1 saturated heterocycles. The van der Waals surface area contributed by atoms with Crippen molar-refractivity contribution in [3.05, 3.63) is 23.8 Å². The molecule has 0 spiro atoms. The fraction of sp³-hybridized carbons (Fsp3) is 0.632. The maximum atomic E-state index is 12.1. The van der Waals surface area contributed by atoms with Gasteiger partial charge in [0.05, 0.1) is 20.6 Å². The standard InChI is InChI=1S/C19H30N2O3/c1-23-17-9-8-16(14-18(17)24-2)15-19(22)20-10-7-13-21-11-5-3-4-6-12-21/h8-9,14H,3-7,10-13,15H2,1-2H3,(H,20,22). The number of nitrogens with zero attached hydrogens (tertiary/aromatic N) is 1. The van der Waals surface area contributed by atoms with Crippen molar-refractivity contribution in [3.8, 4) is 11.5 Å². The van der Waals surface area contributed by atoms with Gasteiger partial charge in [-0.25, -0.2) is 0 Å². The van der Waals surface area contributed by atoms with Crippen LogP contribution in [-0.4, -0.2) is 51.2 Å². The highest BCUT2D eigenvalue weighted by molar-refractivity contribution is 5.78. The molecule has 1 aliphatic rings. The van der Waals surface area contributed by atoms with Gasteiger partial charge < -0.3 is 19.7 Å². The van der Waals surface area contributed by atoms with Gasteiger partial charge in [-0.15, -0.1) is 0 Å². The summed E-state index contributed by atoms with van der Waals surface area (Å²) in [6, 6.07) is 5.59. The Bertz CT molecular complexity index is 511. The van der Waals surface area contributed by atoms with E-state index in [9.17, 15) is 4.79 Å². The number of rotatable bonds is 8. The van der Waals surface area contributed by atoms with E-state index in [0.29, 0.717) is 17.9 Å². The van der Waals surface area contributed by atoms with Crippen molar-refractivity contribution in [1.82, 2.24) is 10.2 Å². The van der Waals surface area contributed by atoms with Crippen molar-refractivity contribution in [2.24, 2.45) is 0 Å². The molecule has 5 heteroatoms. The van der Waals surface area contributed by atoms with E-state index in [1.807, 2.05) is 18.2 Å². The molecule has 24 heavy (non-hydrogen) atoms. The number of carbonyl (C=O) groups excluding carboxylic acids is 1. The minimum Gasteiger partial charge on any atom is -0.493 e. The van der Waals surface area contributed by atoms with E-state index in [4.69, 9.17) is 9.47 Å². The van der Waals surface area contributed by atoms with Crippen LogP contribution in [0.1, 0.15) is 37.7 Å². The van der Waals surface area contributed by atoms with E-state index in [-0.39, 0.29) is 5.91 Å². The zero-order valence-corrected chi connectivity index (χ0v) is 15.0. The molecular weight excluding hydrogens is 304 g/mol. The number of amides is 1. The summed E-state index contributed by atoms with van der Waals surface area (Å²) in [4.78, 5) is 14.6. The molecule has 0 saturated carbocycles. The lowest BCUT2D eigenvalue weighted by atomic mass is 10.1. The highest BCUT2D eigenvalue weighted by atomic mass is 16.5. The molecule has 0 unspecified atom stereocenters. The van der Waals surface area contributed by atoms with E-state index in [0.717, 1.165) is 25.1 Å². The van der Waals surface area contributed by atoms with E-state index in [1.165, 1.54) is 38.8 Å². The fourth-order valence-electron chi connectivity index (χ4n) is 3.13. The monoisotopic (exact) mass is 334 g/mol. The number of hydrogen-bond donors (Lipinski definition) is 1. The molecule has 5 nitrogen and oxygen atoms in total. The molecular formula is C19H30N2O3. The topological polar surface area (TPSA) is 50.8 Å². The van der Waals surface area contributed by atoms with Gasteiger partial charge in [0.25, 0.3) is 0 Å². The van der Waals surface area contributed by atoms with Gasteiger partial charge in [0.15, 0.2) is 11.5 Å². The number of methoxy groups -OCH3 is 2. The first-order valence-electron chi connectivity index (χ1n) is 8.93. The van der Waals surface area contributed by atoms with Crippen molar-refractivity contribution in [2.45, 2.75) is 38.5 Å². The van der Waals surface area contributed by atoms with Gasteiger partial charge in [0.1, 0.15) is 0 Å². The van der Waals surface area contributed by atoms with Crippen LogP contribution in [0, 0.1) is 0 Å². The number of benzene rings is 1. The van der Waals surface area contributed by atoms with Gasteiger partial charge in [0, 0.05) is 6.54 Å². The second-order valence-electron chi connectivity index (χ2n) is 6.33. The first-order valence-corrected chi connectivity index (χ1v) is 8.93. The Hall–Kier alpha value is -1.75. The number of carbonyl (C=O) groups is 1. The third-order valence-corrected chi connectivity index (χ3v) is 4.48. The molecule has 1 heterocycles. The Morgan fingerprint density at radius 1 is 1.08 bits per heavy atom. The first-order chi connectivity index (χ1) is 11.7. The lowest BCUT2D eigenvalue weighted by Crippen LogP contribution is -2.31. The normalized spacial score (nSPS) is 15.6. The summed E-state index contributed by atoms with van der Waals surface area (Å²) in [5, 5.41) is 3.01. The van der Waals surface area contributed by atoms with Gasteiger partial charge in [-0.05, 0) is 56.6 Å². The summed E-state index contributed by atoms with van der Waals surface area (Å²) in [7, 11) is 3.21. The SMILES string of the molecule is COc1ccc(CC(=O)NCCCN2CCCCCC2)cc1OC. The Morgan fingerprint density at radius 2 is 1.79 bits per heavy atom. The molecule has 0 aromatic heterocycles. The maximum Gasteiger partial charge on any atom is 0.224 e. The van der Waals surface area contributed by atoms with E-state index < -0.39 is 0 Å². The predicted octanol–water partition coefficient (Wildman–Crippen LogP) is 2.63. The molecule has 0 aliphatic carbocycles. The average Bonchev–Trinajstić information content (AvgIpc) is 2.87. The summed E-state index contributed by atoms with van der Waals surface area (Å²) < 4.78 is 10.5. The van der Waals surface area contributed by atoms with E-state index in [2.05, 4.69) is 10.2 Å². The third kappa shape index (κ3) is 6.04. The lowest BCUT2D eigenvalue weighted by molar-refractivity contribution is -0.120. The third-order valence-electron chi connectivity index (χ3n) is 4.48. The molecule has 1 N–H and O–H groups in total. The summed E-state index contributed by atoms with van der Waals surface area (Å²) in [5.74, 6) is 1.39.